The largest absolute Gasteiger partial charge is 0.383 e. The van der Waals surface area contributed by atoms with Gasteiger partial charge in [-0.1, -0.05) is 19.3 Å². The maximum absolute atomic E-state index is 12.2. The summed E-state index contributed by atoms with van der Waals surface area (Å²) in [7, 11) is 0. The average Bonchev–Trinajstić information content (AvgIpc) is 2.78. The third-order valence-corrected chi connectivity index (χ3v) is 5.13. The van der Waals surface area contributed by atoms with Crippen LogP contribution in [0.15, 0.2) is 48.5 Å². The highest BCUT2D eigenvalue weighted by Gasteiger charge is 2.06. The van der Waals surface area contributed by atoms with Crippen LogP contribution in [-0.2, 0) is 0 Å². The van der Waals surface area contributed by atoms with Gasteiger partial charge < -0.3 is 21.3 Å². The van der Waals surface area contributed by atoms with Crippen LogP contribution in [0.5, 0.6) is 0 Å². The number of nitrogens with one attached hydrogen (secondary N) is 4. The molecule has 2 amide bonds. The van der Waals surface area contributed by atoms with E-state index in [0.29, 0.717) is 36.3 Å². The molecule has 0 heterocycles. The molecule has 180 valence electrons. The first-order valence-corrected chi connectivity index (χ1v) is 12.1. The maximum Gasteiger partial charge on any atom is 0.251 e. The van der Waals surface area contributed by atoms with Crippen LogP contribution in [0, 0.1) is 0 Å². The molecule has 0 bridgehead atoms. The minimum Gasteiger partial charge on any atom is -0.383 e. The second kappa shape index (κ2) is 14.2. The van der Waals surface area contributed by atoms with E-state index < -0.39 is 0 Å². The van der Waals surface area contributed by atoms with E-state index in [9.17, 15) is 9.59 Å². The molecule has 0 radical (unpaired) electrons. The molecule has 0 aromatic heterocycles. The zero-order valence-corrected chi connectivity index (χ0v) is 20.5. The van der Waals surface area contributed by atoms with E-state index in [0.717, 1.165) is 43.5 Å². The highest BCUT2D eigenvalue weighted by atomic mass is 16.2. The van der Waals surface area contributed by atoms with Gasteiger partial charge in [-0.2, -0.15) is 0 Å². The number of rotatable bonds is 14. The van der Waals surface area contributed by atoms with Gasteiger partial charge in [-0.05, 0) is 89.1 Å². The zero-order valence-electron chi connectivity index (χ0n) is 20.5. The van der Waals surface area contributed by atoms with Crippen LogP contribution >= 0.6 is 0 Å². The molecule has 0 saturated heterocycles. The number of carbonyl (C=O) groups excluding carboxylic acids is 2. The van der Waals surface area contributed by atoms with Gasteiger partial charge in [0.15, 0.2) is 0 Å². The van der Waals surface area contributed by atoms with E-state index in [4.69, 9.17) is 0 Å². The van der Waals surface area contributed by atoms with Gasteiger partial charge in [-0.25, -0.2) is 0 Å². The van der Waals surface area contributed by atoms with Crippen molar-refractivity contribution in [2.24, 2.45) is 0 Å². The fourth-order valence-corrected chi connectivity index (χ4v) is 3.49. The van der Waals surface area contributed by atoms with E-state index in [-0.39, 0.29) is 11.8 Å². The second-order valence-electron chi connectivity index (χ2n) is 9.03. The third-order valence-electron chi connectivity index (χ3n) is 5.13. The Morgan fingerprint density at radius 2 is 0.909 bits per heavy atom. The van der Waals surface area contributed by atoms with Gasteiger partial charge in [0, 0.05) is 47.7 Å². The molecule has 0 fully saturated rings. The quantitative estimate of drug-likeness (QED) is 0.288. The highest BCUT2D eigenvalue weighted by molar-refractivity contribution is 5.95. The molecule has 0 aliphatic rings. The summed E-state index contributed by atoms with van der Waals surface area (Å²) in [5.41, 5.74) is 3.42. The molecule has 0 saturated carbocycles. The Morgan fingerprint density at radius 1 is 0.576 bits per heavy atom. The van der Waals surface area contributed by atoms with Crippen molar-refractivity contribution in [3.8, 4) is 0 Å². The SMILES string of the molecule is CC(C)Nc1ccc(C(=O)NCCCCCCCNC(=O)c2ccc(NC(C)C)cc2)cc1. The first-order valence-electron chi connectivity index (χ1n) is 12.1. The number of anilines is 2. The lowest BCUT2D eigenvalue weighted by atomic mass is 10.1. The number of amides is 2. The van der Waals surface area contributed by atoms with Crippen LogP contribution in [0.25, 0.3) is 0 Å². The van der Waals surface area contributed by atoms with Crippen LogP contribution in [-0.4, -0.2) is 37.0 Å². The van der Waals surface area contributed by atoms with Crippen LogP contribution in [0.3, 0.4) is 0 Å². The molecule has 0 atom stereocenters. The molecule has 6 heteroatoms. The van der Waals surface area contributed by atoms with Crippen LogP contribution in [0.2, 0.25) is 0 Å². The van der Waals surface area contributed by atoms with Crippen LogP contribution in [0.4, 0.5) is 11.4 Å². The van der Waals surface area contributed by atoms with Crippen molar-refractivity contribution >= 4 is 23.2 Å². The summed E-state index contributed by atoms with van der Waals surface area (Å²) in [6.45, 7) is 9.71. The Balaban J connectivity index is 1.51. The Labute approximate surface area is 198 Å². The van der Waals surface area contributed by atoms with Gasteiger partial charge in [0.1, 0.15) is 0 Å². The first-order chi connectivity index (χ1) is 15.8. The average molecular weight is 453 g/mol. The van der Waals surface area contributed by atoms with Gasteiger partial charge in [-0.3, -0.25) is 9.59 Å². The van der Waals surface area contributed by atoms with Gasteiger partial charge in [0.2, 0.25) is 0 Å². The normalized spacial score (nSPS) is 10.8. The van der Waals surface area contributed by atoms with Crippen molar-refractivity contribution in [1.82, 2.24) is 10.6 Å². The molecular formula is C27H40N4O2. The summed E-state index contributed by atoms with van der Waals surface area (Å²) in [4.78, 5) is 24.4. The summed E-state index contributed by atoms with van der Waals surface area (Å²) in [6, 6.07) is 15.9. The number of unbranched alkanes of at least 4 members (excludes halogenated alkanes) is 4. The lowest BCUT2D eigenvalue weighted by molar-refractivity contribution is 0.0945. The topological polar surface area (TPSA) is 82.3 Å². The molecule has 33 heavy (non-hydrogen) atoms. The van der Waals surface area contributed by atoms with Crippen LogP contribution in [0.1, 0.15) is 80.5 Å². The summed E-state index contributed by atoms with van der Waals surface area (Å²) < 4.78 is 0. The van der Waals surface area contributed by atoms with E-state index in [1.807, 2.05) is 48.5 Å². The molecular weight excluding hydrogens is 412 g/mol. The van der Waals surface area contributed by atoms with E-state index >= 15 is 0 Å². The monoisotopic (exact) mass is 452 g/mol. The third kappa shape index (κ3) is 10.4. The predicted molar refractivity (Wildman–Crippen MR) is 138 cm³/mol. The Hall–Kier alpha value is -3.02. The van der Waals surface area contributed by atoms with Crippen molar-refractivity contribution in [1.29, 1.82) is 0 Å². The molecule has 2 aromatic carbocycles. The number of carbonyl (C=O) groups is 2. The standard InChI is InChI=1S/C27H40N4O2/c1-20(2)30-24-14-10-22(11-15-24)26(32)28-18-8-6-5-7-9-19-29-27(33)23-12-16-25(17-13-23)31-21(3)4/h10-17,20-21,30-31H,5-9,18-19H2,1-4H3,(H,28,32)(H,29,33). The fraction of sp³-hybridized carbons (Fsp3) is 0.481. The molecule has 0 spiro atoms. The second-order valence-corrected chi connectivity index (χ2v) is 9.03. The lowest BCUT2D eigenvalue weighted by Gasteiger charge is -2.11. The predicted octanol–water partition coefficient (Wildman–Crippen LogP) is 5.44. The van der Waals surface area contributed by atoms with Gasteiger partial charge in [0.05, 0.1) is 0 Å². The highest BCUT2D eigenvalue weighted by Crippen LogP contribution is 2.12. The molecule has 0 aliphatic carbocycles. The molecule has 2 rings (SSSR count). The minimum atomic E-state index is -0.0261. The number of hydrogen-bond acceptors (Lipinski definition) is 4. The van der Waals surface area contributed by atoms with E-state index in [1.165, 1.54) is 0 Å². The van der Waals surface area contributed by atoms with Gasteiger partial charge in [0.25, 0.3) is 11.8 Å². The summed E-state index contributed by atoms with van der Waals surface area (Å²) in [5.74, 6) is -0.0522. The molecule has 6 nitrogen and oxygen atoms in total. The number of benzene rings is 2. The Bertz CT molecular complexity index is 774. The van der Waals surface area contributed by atoms with E-state index in [2.05, 4.69) is 49.0 Å². The minimum absolute atomic E-state index is 0.0261. The molecule has 2 aromatic rings. The van der Waals surface area contributed by atoms with Crippen molar-refractivity contribution in [3.05, 3.63) is 59.7 Å². The van der Waals surface area contributed by atoms with Crippen molar-refractivity contribution in [2.75, 3.05) is 23.7 Å². The summed E-state index contributed by atoms with van der Waals surface area (Å²) >= 11 is 0. The maximum atomic E-state index is 12.2. The van der Waals surface area contributed by atoms with Crippen molar-refractivity contribution in [3.63, 3.8) is 0 Å². The Kier molecular flexibility index (Phi) is 11.3. The summed E-state index contributed by atoms with van der Waals surface area (Å²) in [6.07, 6.45) is 5.14. The lowest BCUT2D eigenvalue weighted by Crippen LogP contribution is -2.24. The van der Waals surface area contributed by atoms with E-state index in [1.54, 1.807) is 0 Å². The van der Waals surface area contributed by atoms with Gasteiger partial charge >= 0.3 is 0 Å². The first kappa shape index (κ1) is 26.2. The van der Waals surface area contributed by atoms with Crippen molar-refractivity contribution in [2.45, 2.75) is 71.9 Å². The van der Waals surface area contributed by atoms with Crippen LogP contribution < -0.4 is 21.3 Å². The number of hydrogen-bond donors (Lipinski definition) is 4. The zero-order chi connectivity index (χ0) is 24.1. The van der Waals surface area contributed by atoms with Gasteiger partial charge in [-0.15, -0.1) is 0 Å². The Morgan fingerprint density at radius 3 is 1.24 bits per heavy atom. The smallest absolute Gasteiger partial charge is 0.251 e. The summed E-state index contributed by atoms with van der Waals surface area (Å²) in [5, 5.41) is 12.6. The fourth-order valence-electron chi connectivity index (χ4n) is 3.49. The molecule has 0 unspecified atom stereocenters. The molecule has 0 aliphatic heterocycles. The van der Waals surface area contributed by atoms with Crippen molar-refractivity contribution < 1.29 is 9.59 Å². The molecule has 4 N–H and O–H groups in total.